The molecule has 0 heterocycles. The van der Waals surface area contributed by atoms with Crippen LogP contribution in [0.5, 0.6) is 0 Å². The summed E-state index contributed by atoms with van der Waals surface area (Å²) in [7, 11) is -4.41. The molecule has 0 spiro atoms. The van der Waals surface area contributed by atoms with Gasteiger partial charge in [0.2, 0.25) is 5.91 Å². The van der Waals surface area contributed by atoms with E-state index in [-0.39, 0.29) is 6.42 Å². The summed E-state index contributed by atoms with van der Waals surface area (Å²) in [4.78, 5) is 12.4. The van der Waals surface area contributed by atoms with Crippen molar-refractivity contribution in [2.24, 2.45) is 0 Å². The second-order valence-corrected chi connectivity index (χ2v) is 12.0. The van der Waals surface area contributed by atoms with E-state index in [1.807, 2.05) is 0 Å². The van der Waals surface area contributed by atoms with Crippen LogP contribution in [-0.4, -0.2) is 53.1 Å². The van der Waals surface area contributed by atoms with Crippen LogP contribution in [0.4, 0.5) is 0 Å². The van der Waals surface area contributed by atoms with Gasteiger partial charge in [-0.05, 0) is 19.3 Å². The highest BCUT2D eigenvalue weighted by Crippen LogP contribution is 2.14. The standard InChI is InChI=1S/C29H57NO6S/c1-3-5-7-9-10-11-12-13-14-15-16-17-18-20-22-24-28(32)29(33)30-26(25-37(34,35)36)27(31)23-21-19-8-6-4-2/h21,23,26-28,31-32H,3-20,22,24-25H2,1-2H3,(H,30,33)(H,34,35,36)/b23-21+. The van der Waals surface area contributed by atoms with E-state index in [4.69, 9.17) is 0 Å². The van der Waals surface area contributed by atoms with Crippen LogP contribution in [0.3, 0.4) is 0 Å². The zero-order valence-corrected chi connectivity index (χ0v) is 24.5. The van der Waals surface area contributed by atoms with Crippen molar-refractivity contribution in [3.63, 3.8) is 0 Å². The molecule has 0 rings (SSSR count). The first-order valence-electron chi connectivity index (χ1n) is 15.0. The normalized spacial score (nSPS) is 14.6. The Hall–Kier alpha value is -0.960. The molecule has 0 saturated heterocycles. The van der Waals surface area contributed by atoms with E-state index in [1.54, 1.807) is 6.08 Å². The molecule has 1 amide bonds. The predicted molar refractivity (Wildman–Crippen MR) is 153 cm³/mol. The van der Waals surface area contributed by atoms with Gasteiger partial charge >= 0.3 is 0 Å². The fraction of sp³-hybridized carbons (Fsp3) is 0.897. The maximum absolute atomic E-state index is 12.4. The lowest BCUT2D eigenvalue weighted by Crippen LogP contribution is -2.50. The third-order valence-corrected chi connectivity index (χ3v) is 7.60. The minimum atomic E-state index is -4.41. The summed E-state index contributed by atoms with van der Waals surface area (Å²) in [5.74, 6) is -1.54. The molecular weight excluding hydrogens is 490 g/mol. The van der Waals surface area contributed by atoms with Crippen molar-refractivity contribution < 1.29 is 28.0 Å². The van der Waals surface area contributed by atoms with Crippen molar-refractivity contribution in [2.45, 2.75) is 161 Å². The Balaban J connectivity index is 4.03. The Morgan fingerprint density at radius 1 is 0.730 bits per heavy atom. The quantitative estimate of drug-likeness (QED) is 0.0558. The number of aliphatic hydroxyl groups is 2. The Morgan fingerprint density at radius 2 is 1.16 bits per heavy atom. The van der Waals surface area contributed by atoms with Crippen molar-refractivity contribution in [1.82, 2.24) is 5.32 Å². The fourth-order valence-electron chi connectivity index (χ4n) is 4.45. The van der Waals surface area contributed by atoms with E-state index in [0.717, 1.165) is 44.9 Å². The predicted octanol–water partition coefficient (Wildman–Crippen LogP) is 6.48. The van der Waals surface area contributed by atoms with Gasteiger partial charge in [0.05, 0.1) is 17.9 Å². The van der Waals surface area contributed by atoms with E-state index in [9.17, 15) is 28.0 Å². The van der Waals surface area contributed by atoms with Crippen LogP contribution >= 0.6 is 0 Å². The number of nitrogens with one attached hydrogen (secondary N) is 1. The number of aliphatic hydroxyl groups excluding tert-OH is 2. The lowest BCUT2D eigenvalue weighted by atomic mass is 10.0. The molecule has 37 heavy (non-hydrogen) atoms. The van der Waals surface area contributed by atoms with Crippen LogP contribution in [0.25, 0.3) is 0 Å². The molecule has 0 bridgehead atoms. The Kier molecular flexibility index (Phi) is 23.5. The highest BCUT2D eigenvalue weighted by Gasteiger charge is 2.27. The number of hydrogen-bond donors (Lipinski definition) is 4. The number of carbonyl (C=O) groups excluding carboxylic acids is 1. The van der Waals surface area contributed by atoms with E-state index in [0.29, 0.717) is 6.42 Å². The number of carbonyl (C=O) groups is 1. The average Bonchev–Trinajstić information content (AvgIpc) is 2.84. The van der Waals surface area contributed by atoms with Gasteiger partial charge in [-0.25, -0.2) is 0 Å². The topological polar surface area (TPSA) is 124 Å². The number of unbranched alkanes of at least 4 members (excludes halogenated alkanes) is 17. The van der Waals surface area contributed by atoms with Gasteiger partial charge in [0.1, 0.15) is 6.10 Å². The van der Waals surface area contributed by atoms with E-state index in [2.05, 4.69) is 19.2 Å². The smallest absolute Gasteiger partial charge is 0.267 e. The van der Waals surface area contributed by atoms with Crippen LogP contribution < -0.4 is 5.32 Å². The van der Waals surface area contributed by atoms with Crippen LogP contribution in [0.1, 0.15) is 142 Å². The van der Waals surface area contributed by atoms with Gasteiger partial charge in [0.15, 0.2) is 0 Å². The van der Waals surface area contributed by atoms with Gasteiger partial charge in [0, 0.05) is 0 Å². The summed E-state index contributed by atoms with van der Waals surface area (Å²) in [6.45, 7) is 4.33. The molecule has 0 saturated carbocycles. The summed E-state index contributed by atoms with van der Waals surface area (Å²) in [5, 5.41) is 22.9. The summed E-state index contributed by atoms with van der Waals surface area (Å²) in [6.07, 6.45) is 23.2. The lowest BCUT2D eigenvalue weighted by Gasteiger charge is -2.22. The highest BCUT2D eigenvalue weighted by molar-refractivity contribution is 7.85. The third kappa shape index (κ3) is 23.9. The van der Waals surface area contributed by atoms with Crippen LogP contribution in [0.2, 0.25) is 0 Å². The van der Waals surface area contributed by atoms with Gasteiger partial charge in [0.25, 0.3) is 10.1 Å². The molecule has 0 aromatic carbocycles. The summed E-state index contributed by atoms with van der Waals surface area (Å²) < 4.78 is 31.9. The van der Waals surface area contributed by atoms with Crippen molar-refractivity contribution in [3.05, 3.63) is 12.2 Å². The van der Waals surface area contributed by atoms with Gasteiger partial charge in [-0.2, -0.15) is 8.42 Å². The molecule has 3 atom stereocenters. The summed E-state index contributed by atoms with van der Waals surface area (Å²) in [6, 6.07) is -1.22. The largest absolute Gasteiger partial charge is 0.387 e. The van der Waals surface area contributed by atoms with Gasteiger partial charge in [-0.3, -0.25) is 9.35 Å². The molecule has 0 radical (unpaired) electrons. The third-order valence-electron chi connectivity index (χ3n) is 6.82. The van der Waals surface area contributed by atoms with Crippen LogP contribution in [0, 0.1) is 0 Å². The molecule has 220 valence electrons. The lowest BCUT2D eigenvalue weighted by molar-refractivity contribution is -0.130. The second-order valence-electron chi connectivity index (χ2n) is 10.5. The SMILES string of the molecule is CCCCC/C=C/C(O)C(CS(=O)(=O)O)NC(=O)C(O)CCCCCCCCCCCCCCCCC. The van der Waals surface area contributed by atoms with Crippen molar-refractivity contribution in [2.75, 3.05) is 5.75 Å². The molecule has 0 aromatic rings. The summed E-state index contributed by atoms with van der Waals surface area (Å²) >= 11 is 0. The first kappa shape index (κ1) is 36.0. The van der Waals surface area contributed by atoms with E-state index in [1.165, 1.54) is 76.7 Å². The zero-order valence-electron chi connectivity index (χ0n) is 23.7. The molecular formula is C29H57NO6S. The fourth-order valence-corrected chi connectivity index (χ4v) is 5.19. The molecule has 0 aromatic heterocycles. The highest BCUT2D eigenvalue weighted by atomic mass is 32.2. The molecule has 0 aliphatic rings. The minimum Gasteiger partial charge on any atom is -0.387 e. The number of amides is 1. The van der Waals surface area contributed by atoms with E-state index < -0.39 is 40.0 Å². The number of rotatable bonds is 26. The van der Waals surface area contributed by atoms with Crippen molar-refractivity contribution >= 4 is 16.0 Å². The molecule has 0 fully saturated rings. The summed E-state index contributed by atoms with van der Waals surface area (Å²) in [5.41, 5.74) is 0. The monoisotopic (exact) mass is 547 g/mol. The van der Waals surface area contributed by atoms with Crippen molar-refractivity contribution in [1.29, 1.82) is 0 Å². The maximum Gasteiger partial charge on any atom is 0.267 e. The molecule has 0 aliphatic carbocycles. The average molecular weight is 548 g/mol. The first-order valence-corrected chi connectivity index (χ1v) is 16.6. The number of allylic oxidation sites excluding steroid dienone is 1. The number of hydrogen-bond acceptors (Lipinski definition) is 5. The zero-order chi connectivity index (χ0) is 27.8. The molecule has 3 unspecified atom stereocenters. The van der Waals surface area contributed by atoms with Crippen LogP contribution in [-0.2, 0) is 14.9 Å². The molecule has 4 N–H and O–H groups in total. The Labute approximate surface area is 227 Å². The minimum absolute atomic E-state index is 0.283. The Bertz CT molecular complexity index is 667. The second kappa shape index (κ2) is 24.1. The van der Waals surface area contributed by atoms with Crippen LogP contribution in [0.15, 0.2) is 12.2 Å². The maximum atomic E-state index is 12.4. The van der Waals surface area contributed by atoms with Gasteiger partial charge in [-0.15, -0.1) is 0 Å². The molecule has 8 heteroatoms. The van der Waals surface area contributed by atoms with E-state index >= 15 is 0 Å². The molecule has 0 aliphatic heterocycles. The van der Waals surface area contributed by atoms with Crippen molar-refractivity contribution in [3.8, 4) is 0 Å². The van der Waals surface area contributed by atoms with Gasteiger partial charge in [-0.1, -0.05) is 135 Å². The Morgan fingerprint density at radius 3 is 1.62 bits per heavy atom. The first-order chi connectivity index (χ1) is 17.7. The molecule has 7 nitrogen and oxygen atoms in total. The van der Waals surface area contributed by atoms with Gasteiger partial charge < -0.3 is 15.5 Å².